The predicted octanol–water partition coefficient (Wildman–Crippen LogP) is 4.58. The van der Waals surface area contributed by atoms with E-state index in [4.69, 9.17) is 4.74 Å². The molecule has 0 radical (unpaired) electrons. The Morgan fingerprint density at radius 2 is 2.00 bits per heavy atom. The van der Waals surface area contributed by atoms with Crippen LogP contribution in [-0.4, -0.2) is 29.0 Å². The summed E-state index contributed by atoms with van der Waals surface area (Å²) in [7, 11) is 0. The molecule has 3 aromatic rings. The second-order valence-corrected chi connectivity index (χ2v) is 8.41. The number of carbonyl (C=O) groups is 1. The van der Waals surface area contributed by atoms with Crippen molar-refractivity contribution in [1.29, 1.82) is 0 Å². The maximum absolute atomic E-state index is 14.2. The largest absolute Gasteiger partial charge is 0.373 e. The van der Waals surface area contributed by atoms with Crippen molar-refractivity contribution in [2.75, 3.05) is 13.2 Å². The van der Waals surface area contributed by atoms with Crippen molar-refractivity contribution in [2.24, 2.45) is 0 Å². The number of halogens is 3. The summed E-state index contributed by atoms with van der Waals surface area (Å²) in [6.07, 6.45) is 0.563. The van der Waals surface area contributed by atoms with E-state index in [0.717, 1.165) is 17.2 Å². The molecule has 0 saturated carbocycles. The maximum atomic E-state index is 14.2. The first kappa shape index (κ1) is 25.3. The van der Waals surface area contributed by atoms with Crippen LogP contribution in [0.5, 0.6) is 0 Å². The van der Waals surface area contributed by atoms with E-state index in [1.54, 1.807) is 36.4 Å². The summed E-state index contributed by atoms with van der Waals surface area (Å²) in [5, 5.41) is 4.24. The van der Waals surface area contributed by atoms with Crippen LogP contribution in [0.2, 0.25) is 0 Å². The lowest BCUT2D eigenvalue weighted by Crippen LogP contribution is -2.30. The van der Waals surface area contributed by atoms with Crippen molar-refractivity contribution in [2.45, 2.75) is 32.5 Å². The van der Waals surface area contributed by atoms with Gasteiger partial charge in [0.25, 0.3) is 12.3 Å². The first-order chi connectivity index (χ1) is 17.4. The Morgan fingerprint density at radius 3 is 2.78 bits per heavy atom. The number of alkyl halides is 3. The fourth-order valence-electron chi connectivity index (χ4n) is 3.91. The molecule has 1 aliphatic rings. The SMILES string of the molecule is C=C(/C=c1/nc(-c2cccc(C(F)F)n2)cc/c1=C\CC)CNC(=O)c1ccc2c(c1)C(F)COC2. The van der Waals surface area contributed by atoms with E-state index in [9.17, 15) is 18.0 Å². The number of carbonyl (C=O) groups excluding carboxylic acids is 1. The summed E-state index contributed by atoms with van der Waals surface area (Å²) < 4.78 is 45.5. The summed E-state index contributed by atoms with van der Waals surface area (Å²) in [5.41, 5.74) is 2.64. The van der Waals surface area contributed by atoms with Gasteiger partial charge in [-0.1, -0.05) is 37.8 Å². The summed E-state index contributed by atoms with van der Waals surface area (Å²) in [6, 6.07) is 12.9. The highest BCUT2D eigenvalue weighted by Crippen LogP contribution is 2.28. The van der Waals surface area contributed by atoms with Crippen molar-refractivity contribution in [3.8, 4) is 11.4 Å². The topological polar surface area (TPSA) is 64.1 Å². The zero-order valence-corrected chi connectivity index (χ0v) is 19.8. The summed E-state index contributed by atoms with van der Waals surface area (Å²) in [5.74, 6) is -0.346. The van der Waals surface area contributed by atoms with Crippen LogP contribution in [0, 0.1) is 0 Å². The maximum Gasteiger partial charge on any atom is 0.280 e. The Kier molecular flexibility index (Phi) is 7.95. The number of nitrogens with one attached hydrogen (secondary N) is 1. The molecule has 1 atom stereocenters. The fourth-order valence-corrected chi connectivity index (χ4v) is 3.91. The average Bonchev–Trinajstić information content (AvgIpc) is 2.88. The second kappa shape index (κ2) is 11.3. The number of amides is 1. The first-order valence-electron chi connectivity index (χ1n) is 11.6. The van der Waals surface area contributed by atoms with E-state index in [2.05, 4.69) is 21.9 Å². The van der Waals surface area contributed by atoms with Gasteiger partial charge in [-0.2, -0.15) is 0 Å². The number of pyridine rings is 2. The highest BCUT2D eigenvalue weighted by molar-refractivity contribution is 5.94. The van der Waals surface area contributed by atoms with Gasteiger partial charge in [0.2, 0.25) is 0 Å². The molecule has 4 rings (SSSR count). The quantitative estimate of drug-likeness (QED) is 0.524. The first-order valence-corrected chi connectivity index (χ1v) is 11.6. The number of hydrogen-bond donors (Lipinski definition) is 1. The lowest BCUT2D eigenvalue weighted by Gasteiger charge is -2.20. The van der Waals surface area contributed by atoms with Crippen molar-refractivity contribution in [3.63, 3.8) is 0 Å². The molecular weight excluding hydrogens is 467 g/mol. The molecule has 1 aromatic carbocycles. The molecule has 36 heavy (non-hydrogen) atoms. The summed E-state index contributed by atoms with van der Waals surface area (Å²) in [6.45, 7) is 6.47. The molecule has 1 unspecified atom stereocenters. The van der Waals surface area contributed by atoms with Gasteiger partial charge in [-0.15, -0.1) is 0 Å². The van der Waals surface area contributed by atoms with Crippen LogP contribution >= 0.6 is 0 Å². The number of rotatable bonds is 7. The van der Waals surface area contributed by atoms with E-state index in [1.807, 2.05) is 19.1 Å². The van der Waals surface area contributed by atoms with Gasteiger partial charge in [0.1, 0.15) is 11.9 Å². The smallest absolute Gasteiger partial charge is 0.280 e. The lowest BCUT2D eigenvalue weighted by atomic mass is 9.99. The second-order valence-electron chi connectivity index (χ2n) is 8.41. The lowest BCUT2D eigenvalue weighted by molar-refractivity contribution is 0.0512. The molecule has 0 spiro atoms. The minimum atomic E-state index is -2.67. The summed E-state index contributed by atoms with van der Waals surface area (Å²) in [4.78, 5) is 21.3. The minimum Gasteiger partial charge on any atom is -0.373 e. The Balaban J connectivity index is 1.54. The van der Waals surface area contributed by atoms with Crippen molar-refractivity contribution in [3.05, 3.63) is 93.6 Å². The molecule has 0 saturated heterocycles. The molecule has 3 heterocycles. The zero-order valence-electron chi connectivity index (χ0n) is 19.8. The van der Waals surface area contributed by atoms with Crippen LogP contribution in [0.1, 0.15) is 53.1 Å². The van der Waals surface area contributed by atoms with Gasteiger partial charge < -0.3 is 10.1 Å². The normalized spacial score (nSPS) is 16.2. The van der Waals surface area contributed by atoms with Crippen molar-refractivity contribution >= 4 is 18.1 Å². The van der Waals surface area contributed by atoms with Crippen LogP contribution in [0.15, 0.2) is 60.7 Å². The van der Waals surface area contributed by atoms with Crippen molar-refractivity contribution < 1.29 is 22.7 Å². The number of hydrogen-bond acceptors (Lipinski definition) is 4. The monoisotopic (exact) mass is 493 g/mol. The summed E-state index contributed by atoms with van der Waals surface area (Å²) >= 11 is 0. The van der Waals surface area contributed by atoms with E-state index < -0.39 is 12.6 Å². The molecule has 186 valence electrons. The van der Waals surface area contributed by atoms with Crippen LogP contribution < -0.4 is 15.9 Å². The molecule has 5 nitrogen and oxygen atoms in total. The fraction of sp³-hybridized carbons (Fsp3) is 0.250. The number of benzene rings is 1. The number of aromatic nitrogens is 2. The minimum absolute atomic E-state index is 0.0189. The Morgan fingerprint density at radius 1 is 1.19 bits per heavy atom. The third kappa shape index (κ3) is 5.88. The zero-order chi connectivity index (χ0) is 25.7. The van der Waals surface area contributed by atoms with Gasteiger partial charge in [-0.05, 0) is 64.7 Å². The average molecular weight is 494 g/mol. The number of ether oxygens (including phenoxy) is 1. The van der Waals surface area contributed by atoms with Gasteiger partial charge in [0, 0.05) is 12.1 Å². The molecular formula is C28H26F3N3O2. The molecule has 0 fully saturated rings. The molecule has 2 aromatic heterocycles. The highest BCUT2D eigenvalue weighted by Gasteiger charge is 2.21. The molecule has 0 bridgehead atoms. The van der Waals surface area contributed by atoms with Gasteiger partial charge in [-0.3, -0.25) is 4.79 Å². The van der Waals surface area contributed by atoms with Gasteiger partial charge >= 0.3 is 0 Å². The standard InChI is InChI=1S/C28H26F3N3O2/c1-3-5-18-10-11-24(23-6-4-7-25(33-23)27(30)31)34-26(18)12-17(2)14-32-28(35)19-8-9-20-15-36-16-22(29)21(20)13-19/h4-13,22,27H,2-3,14-16H2,1H3,(H,32,35)/b18-5+,26-12+. The molecule has 1 amide bonds. The third-order valence-corrected chi connectivity index (χ3v) is 5.72. The number of fused-ring (bicyclic) bond motifs is 1. The van der Waals surface area contributed by atoms with Gasteiger partial charge in [0.05, 0.1) is 30.0 Å². The highest BCUT2D eigenvalue weighted by atomic mass is 19.3. The van der Waals surface area contributed by atoms with Crippen LogP contribution in [-0.2, 0) is 11.3 Å². The van der Waals surface area contributed by atoms with Gasteiger partial charge in [0.15, 0.2) is 0 Å². The van der Waals surface area contributed by atoms with E-state index >= 15 is 0 Å². The molecule has 1 aliphatic heterocycles. The van der Waals surface area contributed by atoms with Crippen LogP contribution in [0.25, 0.3) is 23.5 Å². The van der Waals surface area contributed by atoms with Gasteiger partial charge in [-0.25, -0.2) is 23.1 Å². The third-order valence-electron chi connectivity index (χ3n) is 5.72. The molecule has 0 aliphatic carbocycles. The molecule has 1 N–H and O–H groups in total. The van der Waals surface area contributed by atoms with E-state index in [1.165, 1.54) is 12.1 Å². The molecule has 8 heteroatoms. The van der Waals surface area contributed by atoms with E-state index in [-0.39, 0.29) is 24.8 Å². The Bertz CT molecular complexity index is 1410. The van der Waals surface area contributed by atoms with E-state index in [0.29, 0.717) is 40.0 Å². The van der Waals surface area contributed by atoms with Crippen LogP contribution in [0.3, 0.4) is 0 Å². The Labute approximate surface area is 207 Å². The van der Waals surface area contributed by atoms with Crippen molar-refractivity contribution in [1.82, 2.24) is 15.3 Å². The Hall–Kier alpha value is -3.78. The van der Waals surface area contributed by atoms with Crippen LogP contribution in [0.4, 0.5) is 13.2 Å². The predicted molar refractivity (Wildman–Crippen MR) is 132 cm³/mol. The number of nitrogens with zero attached hydrogens (tertiary/aromatic N) is 2.